The number of nitrogens with one attached hydrogen (secondary N) is 2. The number of halogens is 2. The van der Waals surface area contributed by atoms with Crippen molar-refractivity contribution in [2.45, 2.75) is 25.3 Å². The number of aromatic nitrogens is 4. The number of aromatic amines is 1. The highest BCUT2D eigenvalue weighted by atomic mass is 35.5. The molecule has 2 atom stereocenters. The smallest absolute Gasteiger partial charge is 0.353 e. The van der Waals surface area contributed by atoms with E-state index in [1.165, 1.54) is 30.6 Å². The summed E-state index contributed by atoms with van der Waals surface area (Å²) in [6, 6.07) is 11.0. The Labute approximate surface area is 220 Å². The molecule has 0 amide bonds. The Hall–Kier alpha value is -4.64. The standard InChI is InChI=1S/C26H23ClFN7O3/c1-12-6-21(25-32-11-19(33-25)15-3-5-22(30)34-24(15)28)35-20(12)7-13(8-23(35)36)16-9-14(27)2-4-18(16)31-10-17(29)26(37)38/h2-5,7-12,21,31H,6,29H2,1H3,(H2,30,34)(H,32,33)(H,37,38)/b17-10-/t12-,21?/m1/s1. The third-order valence-electron chi connectivity index (χ3n) is 6.49. The molecule has 7 N–H and O–H groups in total. The van der Waals surface area contributed by atoms with Crippen LogP contribution in [0.2, 0.25) is 5.02 Å². The van der Waals surface area contributed by atoms with Gasteiger partial charge < -0.3 is 31.4 Å². The molecule has 0 saturated heterocycles. The van der Waals surface area contributed by atoms with Gasteiger partial charge in [0.25, 0.3) is 5.56 Å². The minimum Gasteiger partial charge on any atom is -0.477 e. The zero-order valence-corrected chi connectivity index (χ0v) is 20.8. The van der Waals surface area contributed by atoms with Gasteiger partial charge in [0.05, 0.1) is 23.5 Å². The Kier molecular flexibility index (Phi) is 6.37. The molecule has 0 radical (unpaired) electrons. The predicted octanol–water partition coefficient (Wildman–Crippen LogP) is 4.07. The molecule has 0 spiro atoms. The molecular formula is C26H23ClFN7O3. The van der Waals surface area contributed by atoms with Crippen molar-refractivity contribution in [3.05, 3.63) is 93.4 Å². The number of imidazole rings is 1. The van der Waals surface area contributed by atoms with Crippen molar-refractivity contribution < 1.29 is 14.3 Å². The van der Waals surface area contributed by atoms with Crippen LogP contribution < -0.4 is 22.3 Å². The summed E-state index contributed by atoms with van der Waals surface area (Å²) < 4.78 is 16.0. The van der Waals surface area contributed by atoms with E-state index in [1.54, 1.807) is 22.8 Å². The Bertz CT molecular complexity index is 1660. The second-order valence-corrected chi connectivity index (χ2v) is 9.46. The fraction of sp³-hybridized carbons (Fsp3) is 0.154. The van der Waals surface area contributed by atoms with E-state index in [0.29, 0.717) is 39.8 Å². The minimum atomic E-state index is -1.26. The van der Waals surface area contributed by atoms with Gasteiger partial charge in [-0.15, -0.1) is 0 Å². The summed E-state index contributed by atoms with van der Waals surface area (Å²) in [7, 11) is 0. The number of nitrogens with zero attached hydrogens (tertiary/aromatic N) is 3. The lowest BCUT2D eigenvalue weighted by molar-refractivity contribution is -0.132. The molecule has 12 heteroatoms. The van der Waals surface area contributed by atoms with Crippen molar-refractivity contribution in [3.8, 4) is 22.4 Å². The zero-order valence-electron chi connectivity index (χ0n) is 20.1. The van der Waals surface area contributed by atoms with Gasteiger partial charge in [-0.05, 0) is 54.3 Å². The molecule has 3 aromatic heterocycles. The average molecular weight is 536 g/mol. The summed E-state index contributed by atoms with van der Waals surface area (Å²) in [4.78, 5) is 35.7. The highest BCUT2D eigenvalue weighted by Crippen LogP contribution is 2.40. The lowest BCUT2D eigenvalue weighted by atomic mass is 9.99. The van der Waals surface area contributed by atoms with Gasteiger partial charge in [0.1, 0.15) is 17.3 Å². The monoisotopic (exact) mass is 535 g/mol. The molecule has 10 nitrogen and oxygen atoms in total. The maximum absolute atomic E-state index is 14.3. The molecule has 4 aromatic rings. The SMILES string of the molecule is C[C@@H]1CC(c2ncc(-c3ccc(N)nc3F)[nH]2)n2c1cc(-c1cc(Cl)ccc1N/C=C(\N)C(=O)O)cc2=O. The minimum absolute atomic E-state index is 0.00858. The maximum atomic E-state index is 14.3. The topological polar surface area (TPSA) is 165 Å². The summed E-state index contributed by atoms with van der Waals surface area (Å²) in [6.45, 7) is 2.01. The molecule has 1 unspecified atom stereocenters. The van der Waals surface area contributed by atoms with Gasteiger partial charge in [-0.3, -0.25) is 4.79 Å². The summed E-state index contributed by atoms with van der Waals surface area (Å²) in [5.74, 6) is -1.37. The fourth-order valence-corrected chi connectivity index (χ4v) is 4.83. The molecule has 0 fully saturated rings. The van der Waals surface area contributed by atoms with Gasteiger partial charge in [0.15, 0.2) is 0 Å². The average Bonchev–Trinajstić information content (AvgIpc) is 3.48. The number of anilines is 2. The van der Waals surface area contributed by atoms with Crippen molar-refractivity contribution in [1.29, 1.82) is 0 Å². The lowest BCUT2D eigenvalue weighted by Crippen LogP contribution is -2.24. The second kappa shape index (κ2) is 9.67. The van der Waals surface area contributed by atoms with Crippen LogP contribution in [0.1, 0.15) is 36.8 Å². The number of rotatable bonds is 6. The van der Waals surface area contributed by atoms with Crippen molar-refractivity contribution in [2.75, 3.05) is 11.1 Å². The Morgan fingerprint density at radius 1 is 1.26 bits per heavy atom. The number of H-pyrrole nitrogens is 1. The van der Waals surface area contributed by atoms with E-state index in [4.69, 9.17) is 28.2 Å². The van der Waals surface area contributed by atoms with Crippen molar-refractivity contribution in [1.82, 2.24) is 19.5 Å². The number of aliphatic carboxylic acids is 1. The van der Waals surface area contributed by atoms with Crippen LogP contribution in [-0.4, -0.2) is 30.6 Å². The number of hydrogen-bond donors (Lipinski definition) is 5. The third-order valence-corrected chi connectivity index (χ3v) is 6.72. The molecule has 1 aromatic carbocycles. The summed E-state index contributed by atoms with van der Waals surface area (Å²) in [5, 5.41) is 12.4. The molecule has 0 bridgehead atoms. The van der Waals surface area contributed by atoms with Gasteiger partial charge in [-0.25, -0.2) is 14.8 Å². The number of nitrogen functional groups attached to an aromatic ring is 1. The summed E-state index contributed by atoms with van der Waals surface area (Å²) in [5.41, 5.74) is 13.6. The van der Waals surface area contributed by atoms with E-state index in [1.807, 2.05) is 13.0 Å². The number of nitrogens with two attached hydrogens (primary N) is 2. The van der Waals surface area contributed by atoms with Gasteiger partial charge in [0, 0.05) is 34.2 Å². The first-order valence-electron chi connectivity index (χ1n) is 11.6. The van der Waals surface area contributed by atoms with E-state index in [9.17, 15) is 14.0 Å². The van der Waals surface area contributed by atoms with Gasteiger partial charge >= 0.3 is 5.97 Å². The lowest BCUT2D eigenvalue weighted by Gasteiger charge is -2.15. The Morgan fingerprint density at radius 2 is 2.05 bits per heavy atom. The first-order chi connectivity index (χ1) is 18.1. The van der Waals surface area contributed by atoms with Crippen molar-refractivity contribution >= 4 is 29.1 Å². The van der Waals surface area contributed by atoms with Crippen LogP contribution in [-0.2, 0) is 4.79 Å². The number of carboxylic acid groups (broad SMARTS) is 1. The molecule has 4 heterocycles. The van der Waals surface area contributed by atoms with Crippen LogP contribution in [0, 0.1) is 5.95 Å². The van der Waals surface area contributed by atoms with E-state index in [-0.39, 0.29) is 34.6 Å². The summed E-state index contributed by atoms with van der Waals surface area (Å²) in [6.07, 6.45) is 3.28. The number of carbonyl (C=O) groups is 1. The first-order valence-corrected chi connectivity index (χ1v) is 12.0. The van der Waals surface area contributed by atoms with Crippen LogP contribution in [0.25, 0.3) is 22.4 Å². The molecule has 5 rings (SSSR count). The summed E-state index contributed by atoms with van der Waals surface area (Å²) >= 11 is 6.25. The quantitative estimate of drug-likeness (QED) is 0.182. The van der Waals surface area contributed by atoms with Crippen LogP contribution in [0.4, 0.5) is 15.9 Å². The Morgan fingerprint density at radius 3 is 2.79 bits per heavy atom. The number of hydrogen-bond acceptors (Lipinski definition) is 7. The fourth-order valence-electron chi connectivity index (χ4n) is 4.65. The number of fused-ring (bicyclic) bond motifs is 1. The molecular weight excluding hydrogens is 513 g/mol. The van der Waals surface area contributed by atoms with E-state index >= 15 is 0 Å². The highest BCUT2D eigenvalue weighted by Gasteiger charge is 2.33. The van der Waals surface area contributed by atoms with Crippen LogP contribution >= 0.6 is 11.6 Å². The molecule has 194 valence electrons. The van der Waals surface area contributed by atoms with E-state index in [0.717, 1.165) is 5.69 Å². The molecule has 38 heavy (non-hydrogen) atoms. The van der Waals surface area contributed by atoms with E-state index in [2.05, 4.69) is 20.3 Å². The highest BCUT2D eigenvalue weighted by molar-refractivity contribution is 6.31. The van der Waals surface area contributed by atoms with Crippen LogP contribution in [0.15, 0.2) is 65.4 Å². The largest absolute Gasteiger partial charge is 0.477 e. The molecule has 0 aliphatic carbocycles. The van der Waals surface area contributed by atoms with Crippen LogP contribution in [0.5, 0.6) is 0 Å². The second-order valence-electron chi connectivity index (χ2n) is 9.03. The molecule has 0 saturated carbocycles. The molecule has 1 aliphatic rings. The van der Waals surface area contributed by atoms with Gasteiger partial charge in [-0.1, -0.05) is 18.5 Å². The van der Waals surface area contributed by atoms with Crippen molar-refractivity contribution in [3.63, 3.8) is 0 Å². The maximum Gasteiger partial charge on any atom is 0.353 e. The number of carboxylic acids is 1. The zero-order chi connectivity index (χ0) is 27.1. The first kappa shape index (κ1) is 25.0. The van der Waals surface area contributed by atoms with Crippen LogP contribution in [0.3, 0.4) is 0 Å². The van der Waals surface area contributed by atoms with Gasteiger partial charge in [-0.2, -0.15) is 4.39 Å². The van der Waals surface area contributed by atoms with Crippen molar-refractivity contribution in [2.24, 2.45) is 5.73 Å². The Balaban J connectivity index is 1.53. The van der Waals surface area contributed by atoms with E-state index < -0.39 is 11.9 Å². The normalized spacial score (nSPS) is 16.9. The number of pyridine rings is 2. The molecule has 1 aliphatic heterocycles. The number of benzene rings is 1. The van der Waals surface area contributed by atoms with Gasteiger partial charge in [0.2, 0.25) is 5.95 Å². The third kappa shape index (κ3) is 4.59. The predicted molar refractivity (Wildman–Crippen MR) is 142 cm³/mol.